The number of carbonyl (C=O) groups excluding carboxylic acids is 1. The summed E-state index contributed by atoms with van der Waals surface area (Å²) in [5.74, 6) is 6.69. The molecule has 84 valence electrons. The largest absolute Gasteiger partial charge is 0.468 e. The first kappa shape index (κ1) is 12.1. The van der Waals surface area contributed by atoms with Crippen LogP contribution >= 0.6 is 11.8 Å². The van der Waals surface area contributed by atoms with Gasteiger partial charge in [0.1, 0.15) is 5.76 Å². The second kappa shape index (κ2) is 6.53. The molecule has 3 N–H and O–H groups in total. The van der Waals surface area contributed by atoms with Gasteiger partial charge in [-0.2, -0.15) is 11.8 Å². The van der Waals surface area contributed by atoms with Crippen molar-refractivity contribution in [1.82, 2.24) is 5.43 Å². The van der Waals surface area contributed by atoms with E-state index in [1.165, 1.54) is 0 Å². The maximum Gasteiger partial charge on any atom is 0.233 e. The zero-order valence-corrected chi connectivity index (χ0v) is 9.55. The van der Waals surface area contributed by atoms with E-state index in [9.17, 15) is 4.79 Å². The summed E-state index contributed by atoms with van der Waals surface area (Å²) >= 11 is 1.77. The summed E-state index contributed by atoms with van der Waals surface area (Å²) in [6, 6.07) is 3.83. The van der Waals surface area contributed by atoms with Gasteiger partial charge in [-0.3, -0.25) is 10.2 Å². The van der Waals surface area contributed by atoms with E-state index < -0.39 is 0 Å². The second-order valence-electron chi connectivity index (χ2n) is 3.31. The monoisotopic (exact) mass is 228 g/mol. The molecule has 0 fully saturated rings. The quantitative estimate of drug-likeness (QED) is 0.441. The Kier molecular flexibility index (Phi) is 5.28. The van der Waals surface area contributed by atoms with Crippen molar-refractivity contribution in [2.45, 2.75) is 30.8 Å². The van der Waals surface area contributed by atoms with Crippen molar-refractivity contribution in [2.24, 2.45) is 5.84 Å². The molecule has 1 aromatic rings. The third-order valence-corrected chi connectivity index (χ3v) is 3.29. The van der Waals surface area contributed by atoms with Gasteiger partial charge < -0.3 is 4.42 Å². The first-order valence-corrected chi connectivity index (χ1v) is 5.90. The third-order valence-electron chi connectivity index (χ3n) is 2.03. The minimum absolute atomic E-state index is 0.111. The topological polar surface area (TPSA) is 68.3 Å². The van der Waals surface area contributed by atoms with E-state index in [1.54, 1.807) is 18.0 Å². The van der Waals surface area contributed by atoms with Crippen LogP contribution in [0.25, 0.3) is 0 Å². The van der Waals surface area contributed by atoms with Gasteiger partial charge in [-0.25, -0.2) is 5.84 Å². The van der Waals surface area contributed by atoms with Crippen LogP contribution in [0.2, 0.25) is 0 Å². The maximum atomic E-state index is 10.9. The van der Waals surface area contributed by atoms with Gasteiger partial charge in [0, 0.05) is 11.7 Å². The molecule has 0 aliphatic heterocycles. The van der Waals surface area contributed by atoms with E-state index in [4.69, 9.17) is 10.3 Å². The Balaban J connectivity index is 2.13. The van der Waals surface area contributed by atoms with Crippen LogP contribution in [0.3, 0.4) is 0 Å². The molecule has 0 aliphatic rings. The molecular weight excluding hydrogens is 212 g/mol. The number of nitrogens with two attached hydrogens (primary N) is 1. The molecular formula is C10H16N2O2S. The predicted octanol–water partition coefficient (Wildman–Crippen LogP) is 1.67. The third kappa shape index (κ3) is 4.90. The highest BCUT2D eigenvalue weighted by molar-refractivity contribution is 7.99. The molecule has 0 saturated heterocycles. The Morgan fingerprint density at radius 3 is 3.13 bits per heavy atom. The van der Waals surface area contributed by atoms with Gasteiger partial charge in [0.05, 0.1) is 12.0 Å². The SMILES string of the molecule is CC(CCC(=O)NN)SCc1ccco1. The molecule has 1 aromatic heterocycles. The summed E-state index contributed by atoms with van der Waals surface area (Å²) < 4.78 is 5.21. The van der Waals surface area contributed by atoms with Gasteiger partial charge in [-0.15, -0.1) is 0 Å². The Labute approximate surface area is 93.6 Å². The van der Waals surface area contributed by atoms with Crippen LogP contribution in [0, 0.1) is 0 Å². The first-order valence-electron chi connectivity index (χ1n) is 4.86. The fraction of sp³-hybridized carbons (Fsp3) is 0.500. The molecule has 0 aromatic carbocycles. The maximum absolute atomic E-state index is 10.9. The van der Waals surface area contributed by atoms with Gasteiger partial charge in [0.2, 0.25) is 5.91 Å². The molecule has 1 amide bonds. The van der Waals surface area contributed by atoms with Crippen LogP contribution in [-0.4, -0.2) is 11.2 Å². The van der Waals surface area contributed by atoms with E-state index in [-0.39, 0.29) is 5.91 Å². The van der Waals surface area contributed by atoms with Crippen molar-refractivity contribution in [3.8, 4) is 0 Å². The number of hydrazine groups is 1. The number of nitrogens with one attached hydrogen (secondary N) is 1. The Bertz CT molecular complexity index is 288. The zero-order valence-electron chi connectivity index (χ0n) is 8.73. The molecule has 1 atom stereocenters. The summed E-state index contributed by atoms with van der Waals surface area (Å²) in [6.45, 7) is 2.09. The molecule has 15 heavy (non-hydrogen) atoms. The van der Waals surface area contributed by atoms with E-state index in [0.717, 1.165) is 17.9 Å². The minimum Gasteiger partial charge on any atom is -0.468 e. The summed E-state index contributed by atoms with van der Waals surface area (Å²) in [7, 11) is 0. The second-order valence-corrected chi connectivity index (χ2v) is 4.73. The van der Waals surface area contributed by atoms with Gasteiger partial charge in [-0.1, -0.05) is 6.92 Å². The number of rotatable bonds is 6. The molecule has 0 radical (unpaired) electrons. The van der Waals surface area contributed by atoms with Crippen molar-refractivity contribution in [3.63, 3.8) is 0 Å². The number of carbonyl (C=O) groups is 1. The van der Waals surface area contributed by atoms with Crippen LogP contribution in [0.15, 0.2) is 22.8 Å². The highest BCUT2D eigenvalue weighted by atomic mass is 32.2. The first-order chi connectivity index (χ1) is 7.22. The summed E-state index contributed by atoms with van der Waals surface area (Å²) in [5, 5.41) is 0.424. The highest BCUT2D eigenvalue weighted by Crippen LogP contribution is 2.21. The number of amides is 1. The minimum atomic E-state index is -0.111. The van der Waals surface area contributed by atoms with Crippen LogP contribution in [-0.2, 0) is 10.5 Å². The lowest BCUT2D eigenvalue weighted by Crippen LogP contribution is -2.30. The lowest BCUT2D eigenvalue weighted by Gasteiger charge is -2.08. The fourth-order valence-corrected chi connectivity index (χ4v) is 2.01. The van der Waals surface area contributed by atoms with Gasteiger partial charge in [-0.05, 0) is 18.6 Å². The van der Waals surface area contributed by atoms with E-state index in [1.807, 2.05) is 12.1 Å². The molecule has 0 aliphatic carbocycles. The van der Waals surface area contributed by atoms with E-state index in [0.29, 0.717) is 11.7 Å². The van der Waals surface area contributed by atoms with Crippen molar-refractivity contribution in [1.29, 1.82) is 0 Å². The summed E-state index contributed by atoms with van der Waals surface area (Å²) in [5.41, 5.74) is 2.12. The average molecular weight is 228 g/mol. The van der Waals surface area contributed by atoms with Crippen molar-refractivity contribution >= 4 is 17.7 Å². The molecule has 1 unspecified atom stereocenters. The van der Waals surface area contributed by atoms with Crippen molar-refractivity contribution in [2.75, 3.05) is 0 Å². The molecule has 1 heterocycles. The van der Waals surface area contributed by atoms with Crippen LogP contribution in [0.1, 0.15) is 25.5 Å². The smallest absolute Gasteiger partial charge is 0.233 e. The van der Waals surface area contributed by atoms with Crippen LogP contribution in [0.4, 0.5) is 0 Å². The predicted molar refractivity (Wildman–Crippen MR) is 61.0 cm³/mol. The molecule has 1 rings (SSSR count). The summed E-state index contributed by atoms with van der Waals surface area (Å²) in [6.07, 6.45) is 2.97. The normalized spacial score (nSPS) is 12.4. The molecule has 4 nitrogen and oxygen atoms in total. The molecule has 5 heteroatoms. The molecule has 0 saturated carbocycles. The number of thioether (sulfide) groups is 1. The molecule has 0 spiro atoms. The highest BCUT2D eigenvalue weighted by Gasteiger charge is 2.07. The number of hydrogen-bond acceptors (Lipinski definition) is 4. The average Bonchev–Trinajstić information content (AvgIpc) is 2.75. The van der Waals surface area contributed by atoms with E-state index in [2.05, 4.69) is 12.3 Å². The fourth-order valence-electron chi connectivity index (χ4n) is 1.11. The van der Waals surface area contributed by atoms with Crippen LogP contribution in [0.5, 0.6) is 0 Å². The van der Waals surface area contributed by atoms with E-state index >= 15 is 0 Å². The molecule has 0 bridgehead atoms. The Hall–Kier alpha value is -0.940. The lowest BCUT2D eigenvalue weighted by atomic mass is 10.2. The standard InChI is InChI=1S/C10H16N2O2S/c1-8(4-5-10(13)12-11)15-7-9-3-2-6-14-9/h2-3,6,8H,4-5,7,11H2,1H3,(H,12,13). The number of hydrogen-bond donors (Lipinski definition) is 2. The van der Waals surface area contributed by atoms with Crippen molar-refractivity contribution < 1.29 is 9.21 Å². The van der Waals surface area contributed by atoms with Gasteiger partial charge in [0.15, 0.2) is 0 Å². The van der Waals surface area contributed by atoms with Gasteiger partial charge in [0.25, 0.3) is 0 Å². The Morgan fingerprint density at radius 2 is 2.53 bits per heavy atom. The van der Waals surface area contributed by atoms with Gasteiger partial charge >= 0.3 is 0 Å². The van der Waals surface area contributed by atoms with Crippen LogP contribution < -0.4 is 11.3 Å². The zero-order chi connectivity index (χ0) is 11.1. The summed E-state index contributed by atoms with van der Waals surface area (Å²) in [4.78, 5) is 10.9. The van der Waals surface area contributed by atoms with Crippen molar-refractivity contribution in [3.05, 3.63) is 24.2 Å². The lowest BCUT2D eigenvalue weighted by molar-refractivity contribution is -0.121. The number of furan rings is 1. The Morgan fingerprint density at radius 1 is 1.73 bits per heavy atom.